The average molecular weight is 635 g/mol. The van der Waals surface area contributed by atoms with Crippen LogP contribution in [-0.2, 0) is 32.6 Å². The third-order valence-electron chi connectivity index (χ3n) is 6.19. The second-order valence-electron chi connectivity index (χ2n) is 9.35. The van der Waals surface area contributed by atoms with Crippen LogP contribution >= 0.6 is 27.5 Å². The number of rotatable bonds is 12. The van der Waals surface area contributed by atoms with Crippen molar-refractivity contribution >= 4 is 55.1 Å². The Kier molecular flexibility index (Phi) is 11.0. The molecule has 0 aliphatic carbocycles. The van der Waals surface area contributed by atoms with Gasteiger partial charge in [0.05, 0.1) is 11.9 Å². The van der Waals surface area contributed by atoms with E-state index in [1.807, 2.05) is 61.5 Å². The van der Waals surface area contributed by atoms with Gasteiger partial charge in [-0.25, -0.2) is 8.42 Å². The minimum atomic E-state index is -3.84. The molecule has 0 unspecified atom stereocenters. The summed E-state index contributed by atoms with van der Waals surface area (Å²) in [5.74, 6) is -0.787. The Morgan fingerprint density at radius 3 is 2.26 bits per heavy atom. The van der Waals surface area contributed by atoms with E-state index in [4.69, 9.17) is 11.6 Å². The van der Waals surface area contributed by atoms with Crippen LogP contribution in [0.3, 0.4) is 0 Å². The molecule has 1 N–H and O–H groups in total. The van der Waals surface area contributed by atoms with Gasteiger partial charge in [0, 0.05) is 29.0 Å². The van der Waals surface area contributed by atoms with Crippen LogP contribution in [0, 0.1) is 6.92 Å². The Balaban J connectivity index is 2.05. The van der Waals surface area contributed by atoms with Crippen LogP contribution in [0.1, 0.15) is 30.0 Å². The summed E-state index contributed by atoms with van der Waals surface area (Å²) in [6, 6.07) is 20.9. The van der Waals surface area contributed by atoms with Gasteiger partial charge in [0.1, 0.15) is 12.6 Å². The van der Waals surface area contributed by atoms with Gasteiger partial charge in [-0.2, -0.15) is 0 Å². The van der Waals surface area contributed by atoms with E-state index in [2.05, 4.69) is 21.2 Å². The van der Waals surface area contributed by atoms with Crippen molar-refractivity contribution in [2.24, 2.45) is 0 Å². The van der Waals surface area contributed by atoms with Crippen LogP contribution in [0.25, 0.3) is 0 Å². The highest BCUT2D eigenvalue weighted by Crippen LogP contribution is 2.26. The molecule has 0 saturated heterocycles. The van der Waals surface area contributed by atoms with Crippen molar-refractivity contribution in [2.75, 3.05) is 23.7 Å². The summed E-state index contributed by atoms with van der Waals surface area (Å²) >= 11 is 9.53. The first kappa shape index (κ1) is 30.7. The quantitative estimate of drug-likeness (QED) is 0.291. The number of amides is 2. The number of nitrogens with zero attached hydrogens (tertiary/aromatic N) is 2. The van der Waals surface area contributed by atoms with Crippen LogP contribution in [-0.4, -0.2) is 50.5 Å². The molecule has 3 aromatic carbocycles. The lowest BCUT2D eigenvalue weighted by molar-refractivity contribution is -0.140. The number of nitrogens with one attached hydrogen (secondary N) is 1. The Labute approximate surface area is 244 Å². The Hall–Kier alpha value is -2.88. The Morgan fingerprint density at radius 2 is 1.67 bits per heavy atom. The smallest absolute Gasteiger partial charge is 0.244 e. The van der Waals surface area contributed by atoms with E-state index in [0.29, 0.717) is 22.8 Å². The lowest BCUT2D eigenvalue weighted by Gasteiger charge is -2.33. The van der Waals surface area contributed by atoms with Gasteiger partial charge in [0.15, 0.2) is 0 Å². The highest BCUT2D eigenvalue weighted by atomic mass is 79.9. The van der Waals surface area contributed by atoms with E-state index in [1.54, 1.807) is 25.1 Å². The van der Waals surface area contributed by atoms with Crippen LogP contribution < -0.4 is 9.62 Å². The fourth-order valence-corrected chi connectivity index (χ4v) is 5.60. The summed E-state index contributed by atoms with van der Waals surface area (Å²) in [4.78, 5) is 29.0. The van der Waals surface area contributed by atoms with Gasteiger partial charge in [0.2, 0.25) is 21.8 Å². The topological polar surface area (TPSA) is 86.8 Å². The van der Waals surface area contributed by atoms with Gasteiger partial charge < -0.3 is 10.2 Å². The van der Waals surface area contributed by atoms with Crippen molar-refractivity contribution in [2.45, 2.75) is 39.3 Å². The SMILES string of the molecule is CCCNC(=O)[C@@H](Cc1ccccc1)N(Cc1ccc(Br)cc1)C(=O)CN(c1ccc(Cl)cc1C)S(C)(=O)=O. The largest absolute Gasteiger partial charge is 0.354 e. The number of halogens is 2. The zero-order valence-electron chi connectivity index (χ0n) is 22.2. The number of anilines is 1. The van der Waals surface area contributed by atoms with E-state index in [-0.39, 0.29) is 18.9 Å². The molecule has 0 heterocycles. The zero-order valence-corrected chi connectivity index (χ0v) is 25.4. The molecule has 0 aromatic heterocycles. The predicted molar refractivity (Wildman–Crippen MR) is 160 cm³/mol. The first-order valence-electron chi connectivity index (χ1n) is 12.6. The first-order valence-corrected chi connectivity index (χ1v) is 15.6. The number of carbonyl (C=O) groups excluding carboxylic acids is 2. The lowest BCUT2D eigenvalue weighted by atomic mass is 10.0. The maximum absolute atomic E-state index is 14.0. The van der Waals surface area contributed by atoms with Crippen LogP contribution in [0.5, 0.6) is 0 Å². The molecule has 3 aromatic rings. The van der Waals surface area contributed by atoms with Crippen molar-refractivity contribution < 1.29 is 18.0 Å². The normalized spacial score (nSPS) is 12.0. The number of carbonyl (C=O) groups is 2. The summed E-state index contributed by atoms with van der Waals surface area (Å²) in [6.07, 6.45) is 2.07. The van der Waals surface area contributed by atoms with Crippen molar-refractivity contribution in [3.63, 3.8) is 0 Å². The molecule has 0 fully saturated rings. The summed E-state index contributed by atoms with van der Waals surface area (Å²) in [5, 5.41) is 3.39. The van der Waals surface area contributed by atoms with Crippen molar-refractivity contribution in [3.8, 4) is 0 Å². The van der Waals surface area contributed by atoms with Crippen molar-refractivity contribution in [1.82, 2.24) is 10.2 Å². The standard InChI is InChI=1S/C29H33BrClN3O4S/c1-4-16-32-29(36)27(18-22-8-6-5-7-9-22)33(19-23-10-12-24(30)13-11-23)28(35)20-34(39(3,37)38)26-15-14-25(31)17-21(26)2/h5-15,17,27H,4,16,18-20H2,1-3H3,(H,32,36)/t27-/m1/s1. The van der Waals surface area contributed by atoms with E-state index < -0.39 is 28.5 Å². The minimum absolute atomic E-state index is 0.125. The molecule has 7 nitrogen and oxygen atoms in total. The monoisotopic (exact) mass is 633 g/mol. The highest BCUT2D eigenvalue weighted by molar-refractivity contribution is 9.10. The van der Waals surface area contributed by atoms with Gasteiger partial charge in [-0.3, -0.25) is 13.9 Å². The van der Waals surface area contributed by atoms with Crippen molar-refractivity contribution in [3.05, 3.63) is 99.0 Å². The molecule has 2 amide bonds. The molecule has 0 spiro atoms. The fraction of sp³-hybridized carbons (Fsp3) is 0.310. The van der Waals surface area contributed by atoms with Gasteiger partial charge in [-0.05, 0) is 60.4 Å². The third-order valence-corrected chi connectivity index (χ3v) is 8.08. The maximum atomic E-state index is 14.0. The van der Waals surface area contributed by atoms with E-state index >= 15 is 0 Å². The average Bonchev–Trinajstić information content (AvgIpc) is 2.89. The summed E-state index contributed by atoms with van der Waals surface area (Å²) < 4.78 is 27.7. The van der Waals surface area contributed by atoms with Gasteiger partial charge in [-0.15, -0.1) is 0 Å². The summed E-state index contributed by atoms with van der Waals surface area (Å²) in [6.45, 7) is 3.81. The molecule has 1 atom stereocenters. The van der Waals surface area contributed by atoms with Crippen LogP contribution in [0.15, 0.2) is 77.3 Å². The molecule has 0 radical (unpaired) electrons. The molecule has 10 heteroatoms. The molecule has 0 aliphatic rings. The van der Waals surface area contributed by atoms with Crippen LogP contribution in [0.4, 0.5) is 5.69 Å². The number of hydrogen-bond acceptors (Lipinski definition) is 4. The van der Waals surface area contributed by atoms with E-state index in [9.17, 15) is 18.0 Å². The second kappa shape index (κ2) is 14.0. The highest BCUT2D eigenvalue weighted by Gasteiger charge is 2.33. The molecule has 208 valence electrons. The molecule has 3 rings (SSSR count). The maximum Gasteiger partial charge on any atom is 0.244 e. The minimum Gasteiger partial charge on any atom is -0.354 e. The molecular formula is C29H33BrClN3O4S. The first-order chi connectivity index (χ1) is 18.5. The summed E-state index contributed by atoms with van der Waals surface area (Å²) in [7, 11) is -3.84. The molecule has 0 aliphatic heterocycles. The molecular weight excluding hydrogens is 602 g/mol. The molecule has 0 saturated carbocycles. The molecule has 0 bridgehead atoms. The van der Waals surface area contributed by atoms with Gasteiger partial charge >= 0.3 is 0 Å². The lowest BCUT2D eigenvalue weighted by Crippen LogP contribution is -2.53. The Bertz CT molecular complexity index is 1390. The van der Waals surface area contributed by atoms with E-state index in [1.165, 1.54) is 4.90 Å². The molecule has 39 heavy (non-hydrogen) atoms. The summed E-state index contributed by atoms with van der Waals surface area (Å²) in [5.41, 5.74) is 2.66. The third kappa shape index (κ3) is 8.81. The van der Waals surface area contributed by atoms with Crippen LogP contribution in [0.2, 0.25) is 5.02 Å². The predicted octanol–water partition coefficient (Wildman–Crippen LogP) is 5.34. The number of hydrogen-bond donors (Lipinski definition) is 1. The number of aryl methyl sites for hydroxylation is 1. The number of benzene rings is 3. The zero-order chi connectivity index (χ0) is 28.6. The van der Waals surface area contributed by atoms with E-state index in [0.717, 1.165) is 32.6 Å². The van der Waals surface area contributed by atoms with Crippen molar-refractivity contribution in [1.29, 1.82) is 0 Å². The fourth-order valence-electron chi connectivity index (χ4n) is 4.20. The van der Waals surface area contributed by atoms with Gasteiger partial charge in [0.25, 0.3) is 0 Å². The number of sulfonamides is 1. The second-order valence-corrected chi connectivity index (χ2v) is 12.6. The Morgan fingerprint density at radius 1 is 1.00 bits per heavy atom. The van der Waals surface area contributed by atoms with Gasteiger partial charge in [-0.1, -0.05) is 76.9 Å².